The minimum Gasteiger partial charge on any atom is -0.494 e. The Morgan fingerprint density at radius 2 is 2.17 bits per heavy atom. The van der Waals surface area contributed by atoms with E-state index in [0.29, 0.717) is 18.8 Å². The van der Waals surface area contributed by atoms with E-state index >= 15 is 0 Å². The van der Waals surface area contributed by atoms with E-state index in [2.05, 4.69) is 24.4 Å². The zero-order valence-electron chi connectivity index (χ0n) is 11.3. The number of rotatable bonds is 6. The highest BCUT2D eigenvalue weighted by Gasteiger charge is 2.16. The molecule has 1 saturated heterocycles. The van der Waals surface area contributed by atoms with E-state index in [1.165, 1.54) is 18.4 Å². The molecule has 0 radical (unpaired) electrons. The lowest BCUT2D eigenvalue weighted by Crippen LogP contribution is -2.28. The molecule has 1 aromatic carbocycles. The van der Waals surface area contributed by atoms with Gasteiger partial charge in [-0.05, 0) is 44.4 Å². The van der Waals surface area contributed by atoms with Crippen LogP contribution in [-0.4, -0.2) is 25.9 Å². The van der Waals surface area contributed by atoms with Crippen LogP contribution in [0, 0.1) is 0 Å². The second-order valence-corrected chi connectivity index (χ2v) is 4.77. The number of hydrogen-bond donors (Lipinski definition) is 1. The molecule has 2 rings (SSSR count). The predicted molar refractivity (Wildman–Crippen MR) is 73.0 cm³/mol. The molecule has 18 heavy (non-hydrogen) atoms. The van der Waals surface area contributed by atoms with Gasteiger partial charge in [-0.15, -0.1) is 0 Å². The summed E-state index contributed by atoms with van der Waals surface area (Å²) >= 11 is 0. The van der Waals surface area contributed by atoms with E-state index in [1.807, 2.05) is 19.1 Å². The van der Waals surface area contributed by atoms with Gasteiger partial charge in [-0.25, -0.2) is 0 Å². The molecule has 0 bridgehead atoms. The van der Waals surface area contributed by atoms with E-state index in [4.69, 9.17) is 9.47 Å². The lowest BCUT2D eigenvalue weighted by Gasteiger charge is -2.17. The van der Waals surface area contributed by atoms with E-state index in [9.17, 15) is 0 Å². The van der Waals surface area contributed by atoms with Gasteiger partial charge in [-0.1, -0.05) is 12.1 Å². The van der Waals surface area contributed by atoms with Crippen LogP contribution < -0.4 is 10.1 Å². The van der Waals surface area contributed by atoms with Gasteiger partial charge in [0.15, 0.2) is 0 Å². The van der Waals surface area contributed by atoms with E-state index < -0.39 is 0 Å². The largest absolute Gasteiger partial charge is 0.494 e. The summed E-state index contributed by atoms with van der Waals surface area (Å²) in [6.07, 6.45) is 2.78. The molecule has 0 spiro atoms. The van der Waals surface area contributed by atoms with Crippen molar-refractivity contribution in [2.24, 2.45) is 0 Å². The van der Waals surface area contributed by atoms with Crippen molar-refractivity contribution in [3.63, 3.8) is 0 Å². The van der Waals surface area contributed by atoms with Crippen LogP contribution >= 0.6 is 0 Å². The Morgan fingerprint density at radius 1 is 1.39 bits per heavy atom. The zero-order valence-corrected chi connectivity index (χ0v) is 11.3. The number of nitrogens with one attached hydrogen (secondary N) is 1. The molecule has 100 valence electrons. The van der Waals surface area contributed by atoms with Crippen LogP contribution in [-0.2, 0) is 4.74 Å². The second-order valence-electron chi connectivity index (χ2n) is 4.77. The average Bonchev–Trinajstić information content (AvgIpc) is 2.90. The lowest BCUT2D eigenvalue weighted by atomic mass is 10.1. The van der Waals surface area contributed by atoms with Gasteiger partial charge in [0, 0.05) is 19.2 Å². The highest BCUT2D eigenvalue weighted by atomic mass is 16.5. The molecule has 0 aromatic heterocycles. The molecular weight excluding hydrogens is 226 g/mol. The molecule has 0 unspecified atom stereocenters. The fourth-order valence-electron chi connectivity index (χ4n) is 2.25. The molecule has 1 fully saturated rings. The summed E-state index contributed by atoms with van der Waals surface area (Å²) in [5.41, 5.74) is 1.29. The van der Waals surface area contributed by atoms with Gasteiger partial charge in [-0.3, -0.25) is 0 Å². The van der Waals surface area contributed by atoms with Crippen LogP contribution in [0.25, 0.3) is 0 Å². The van der Waals surface area contributed by atoms with Gasteiger partial charge in [0.05, 0.1) is 12.7 Å². The zero-order chi connectivity index (χ0) is 12.8. The van der Waals surface area contributed by atoms with Gasteiger partial charge in [0.2, 0.25) is 0 Å². The van der Waals surface area contributed by atoms with Crippen molar-refractivity contribution in [1.29, 1.82) is 0 Å². The van der Waals surface area contributed by atoms with Gasteiger partial charge in [0.25, 0.3) is 0 Å². The monoisotopic (exact) mass is 249 g/mol. The van der Waals surface area contributed by atoms with Crippen LogP contribution in [0.15, 0.2) is 24.3 Å². The van der Waals surface area contributed by atoms with Crippen LogP contribution in [0.3, 0.4) is 0 Å². The topological polar surface area (TPSA) is 30.5 Å². The van der Waals surface area contributed by atoms with Crippen molar-refractivity contribution in [3.05, 3.63) is 29.8 Å². The smallest absolute Gasteiger partial charge is 0.119 e. The van der Waals surface area contributed by atoms with Crippen molar-refractivity contribution >= 4 is 0 Å². The first kappa shape index (κ1) is 13.4. The molecule has 1 heterocycles. The quantitative estimate of drug-likeness (QED) is 0.841. The van der Waals surface area contributed by atoms with Gasteiger partial charge in [0.1, 0.15) is 5.75 Å². The first-order valence-electron chi connectivity index (χ1n) is 6.87. The van der Waals surface area contributed by atoms with E-state index in [1.54, 1.807) is 0 Å². The van der Waals surface area contributed by atoms with Gasteiger partial charge in [-0.2, -0.15) is 0 Å². The van der Waals surface area contributed by atoms with Gasteiger partial charge < -0.3 is 14.8 Å². The fourth-order valence-corrected chi connectivity index (χ4v) is 2.25. The molecule has 3 heteroatoms. The highest BCUT2D eigenvalue weighted by Crippen LogP contribution is 2.18. The van der Waals surface area contributed by atoms with Crippen molar-refractivity contribution in [1.82, 2.24) is 5.32 Å². The van der Waals surface area contributed by atoms with Crippen LogP contribution in [0.4, 0.5) is 0 Å². The molecule has 0 aliphatic carbocycles. The minimum atomic E-state index is 0.352. The third-order valence-corrected chi connectivity index (χ3v) is 3.37. The highest BCUT2D eigenvalue weighted by molar-refractivity contribution is 5.28. The first-order chi connectivity index (χ1) is 8.79. The molecule has 1 N–H and O–H groups in total. The fraction of sp³-hybridized carbons (Fsp3) is 0.600. The molecule has 0 saturated carbocycles. The summed E-state index contributed by atoms with van der Waals surface area (Å²) in [6, 6.07) is 8.66. The average molecular weight is 249 g/mol. The van der Waals surface area contributed by atoms with E-state index in [-0.39, 0.29) is 0 Å². The number of benzene rings is 1. The van der Waals surface area contributed by atoms with E-state index in [0.717, 1.165) is 18.9 Å². The first-order valence-corrected chi connectivity index (χ1v) is 6.87. The van der Waals surface area contributed by atoms with Gasteiger partial charge >= 0.3 is 0 Å². The summed E-state index contributed by atoms with van der Waals surface area (Å²) in [6.45, 7) is 6.76. The molecule has 3 nitrogen and oxygen atoms in total. The normalized spacial score (nSPS) is 20.9. The summed E-state index contributed by atoms with van der Waals surface area (Å²) in [7, 11) is 0. The molecule has 1 aliphatic heterocycles. The maximum absolute atomic E-state index is 5.61. The maximum atomic E-state index is 5.61. The molecule has 0 amide bonds. The Balaban J connectivity index is 1.81. The lowest BCUT2D eigenvalue weighted by molar-refractivity contribution is 0.108. The van der Waals surface area contributed by atoms with Crippen molar-refractivity contribution in [2.75, 3.05) is 19.8 Å². The van der Waals surface area contributed by atoms with Crippen LogP contribution in [0.2, 0.25) is 0 Å². The molecular formula is C15H23NO2. The Hall–Kier alpha value is -1.06. The maximum Gasteiger partial charge on any atom is 0.119 e. The Kier molecular flexibility index (Phi) is 5.02. The third kappa shape index (κ3) is 3.72. The Labute approximate surface area is 109 Å². The standard InChI is InChI=1S/C15H23NO2/c1-3-17-14-8-6-13(7-9-14)12(2)16-11-15-5-4-10-18-15/h6-9,12,15-16H,3-5,10-11H2,1-2H3/t12-,15+/m0/s1. The summed E-state index contributed by atoms with van der Waals surface area (Å²) in [5, 5.41) is 3.53. The van der Waals surface area contributed by atoms with Crippen LogP contribution in [0.1, 0.15) is 38.3 Å². The van der Waals surface area contributed by atoms with Crippen molar-refractivity contribution in [3.8, 4) is 5.75 Å². The Morgan fingerprint density at radius 3 is 2.78 bits per heavy atom. The third-order valence-electron chi connectivity index (χ3n) is 3.37. The summed E-state index contributed by atoms with van der Waals surface area (Å²) in [5.74, 6) is 0.938. The summed E-state index contributed by atoms with van der Waals surface area (Å²) < 4.78 is 11.0. The minimum absolute atomic E-state index is 0.352. The molecule has 1 aliphatic rings. The van der Waals surface area contributed by atoms with Crippen molar-refractivity contribution < 1.29 is 9.47 Å². The number of hydrogen-bond acceptors (Lipinski definition) is 3. The molecule has 1 aromatic rings. The second kappa shape index (κ2) is 6.76. The molecule has 2 atom stereocenters. The number of ether oxygens (including phenoxy) is 2. The SMILES string of the molecule is CCOc1ccc([C@H](C)NC[C@H]2CCCO2)cc1. The summed E-state index contributed by atoms with van der Waals surface area (Å²) in [4.78, 5) is 0. The predicted octanol–water partition coefficient (Wildman–Crippen LogP) is 2.91. The van der Waals surface area contributed by atoms with Crippen molar-refractivity contribution in [2.45, 2.75) is 38.8 Å². The Bertz CT molecular complexity index is 344. The van der Waals surface area contributed by atoms with Crippen LogP contribution in [0.5, 0.6) is 5.75 Å².